The number of aromatic nitrogens is 2. The summed E-state index contributed by atoms with van der Waals surface area (Å²) in [4.78, 5) is 11.5. The molecule has 21 heavy (non-hydrogen) atoms. The molecule has 2 aliphatic rings. The second-order valence-electron chi connectivity index (χ2n) is 6.06. The third kappa shape index (κ3) is 2.84. The highest BCUT2D eigenvalue weighted by atomic mass is 32.2. The molecule has 1 unspecified atom stereocenters. The van der Waals surface area contributed by atoms with Gasteiger partial charge in [-0.25, -0.2) is 18.4 Å². The monoisotopic (exact) mass is 310 g/mol. The summed E-state index contributed by atoms with van der Waals surface area (Å²) in [6, 6.07) is -0.0471. The minimum Gasteiger partial charge on any atom is -0.373 e. The Morgan fingerprint density at radius 3 is 2.57 bits per heavy atom. The normalized spacial score (nSPS) is 24.9. The van der Waals surface area contributed by atoms with Crippen molar-refractivity contribution in [3.05, 3.63) is 11.4 Å². The van der Waals surface area contributed by atoms with Crippen LogP contribution in [0.4, 0.5) is 11.6 Å². The first-order valence-electron chi connectivity index (χ1n) is 7.44. The van der Waals surface area contributed by atoms with Gasteiger partial charge in [0.15, 0.2) is 9.84 Å². The SMILES string of the molecule is CNc1nc(C2CC2)nc(N2CCS(=O)(=O)CC2C)c1C. The minimum absolute atomic E-state index is 0.0471. The van der Waals surface area contributed by atoms with E-state index in [4.69, 9.17) is 4.98 Å². The van der Waals surface area contributed by atoms with Crippen LogP contribution in [0.15, 0.2) is 0 Å². The van der Waals surface area contributed by atoms with Gasteiger partial charge in [-0.2, -0.15) is 0 Å². The van der Waals surface area contributed by atoms with Crippen LogP contribution in [0, 0.1) is 6.92 Å². The first-order chi connectivity index (χ1) is 9.91. The molecule has 1 saturated carbocycles. The van der Waals surface area contributed by atoms with E-state index in [2.05, 4.69) is 15.2 Å². The third-order valence-electron chi connectivity index (χ3n) is 4.26. The average molecular weight is 310 g/mol. The standard InChI is InChI=1S/C14H22N4O2S/c1-9-8-21(19,20)7-6-18(9)14-10(2)12(15-3)16-13(17-14)11-4-5-11/h9,11H,4-8H2,1-3H3,(H,15,16,17). The zero-order valence-corrected chi connectivity index (χ0v) is 13.6. The van der Waals surface area contributed by atoms with Crippen molar-refractivity contribution in [3.8, 4) is 0 Å². The summed E-state index contributed by atoms with van der Waals surface area (Å²) < 4.78 is 23.5. The van der Waals surface area contributed by atoms with E-state index < -0.39 is 9.84 Å². The van der Waals surface area contributed by atoms with Crippen LogP contribution in [-0.2, 0) is 9.84 Å². The van der Waals surface area contributed by atoms with Gasteiger partial charge in [0.05, 0.1) is 11.5 Å². The van der Waals surface area contributed by atoms with Crippen molar-refractivity contribution in [2.75, 3.05) is 35.3 Å². The van der Waals surface area contributed by atoms with Gasteiger partial charge in [-0.15, -0.1) is 0 Å². The fraction of sp³-hybridized carbons (Fsp3) is 0.714. The molecular weight excluding hydrogens is 288 g/mol. The molecule has 2 heterocycles. The first kappa shape index (κ1) is 14.6. The van der Waals surface area contributed by atoms with Crippen molar-refractivity contribution in [3.63, 3.8) is 0 Å². The lowest BCUT2D eigenvalue weighted by Crippen LogP contribution is -2.47. The summed E-state index contributed by atoms with van der Waals surface area (Å²) in [5.74, 6) is 3.50. The predicted octanol–water partition coefficient (Wildman–Crippen LogP) is 1.33. The van der Waals surface area contributed by atoms with E-state index in [1.165, 1.54) is 0 Å². The Bertz CT molecular complexity index is 655. The van der Waals surface area contributed by atoms with Gasteiger partial charge in [-0.05, 0) is 26.7 Å². The number of sulfone groups is 1. The Morgan fingerprint density at radius 2 is 2.00 bits per heavy atom. The van der Waals surface area contributed by atoms with Crippen LogP contribution in [-0.4, -0.2) is 49.5 Å². The van der Waals surface area contributed by atoms with Crippen molar-refractivity contribution in [2.24, 2.45) is 0 Å². The lowest BCUT2D eigenvalue weighted by molar-refractivity contribution is 0.566. The number of hydrogen-bond donors (Lipinski definition) is 1. The fourth-order valence-electron chi connectivity index (χ4n) is 2.88. The molecule has 1 aromatic rings. The molecule has 1 aliphatic heterocycles. The van der Waals surface area contributed by atoms with Gasteiger partial charge in [-0.3, -0.25) is 0 Å². The van der Waals surface area contributed by atoms with Gasteiger partial charge in [0.1, 0.15) is 17.5 Å². The Kier molecular flexibility index (Phi) is 3.55. The predicted molar refractivity (Wildman–Crippen MR) is 83.8 cm³/mol. The lowest BCUT2D eigenvalue weighted by atomic mass is 10.2. The number of rotatable bonds is 3. The fourth-order valence-corrected chi connectivity index (χ4v) is 4.44. The quantitative estimate of drug-likeness (QED) is 0.908. The van der Waals surface area contributed by atoms with Gasteiger partial charge in [0, 0.05) is 31.1 Å². The molecule has 1 saturated heterocycles. The maximum Gasteiger partial charge on any atom is 0.154 e. The second kappa shape index (κ2) is 5.12. The van der Waals surface area contributed by atoms with E-state index in [0.29, 0.717) is 12.5 Å². The summed E-state index contributed by atoms with van der Waals surface area (Å²) in [6.45, 7) is 4.45. The molecule has 0 aromatic carbocycles. The van der Waals surface area contributed by atoms with Gasteiger partial charge in [0.25, 0.3) is 0 Å². The number of hydrogen-bond acceptors (Lipinski definition) is 6. The van der Waals surface area contributed by atoms with E-state index in [1.807, 2.05) is 20.9 Å². The molecule has 1 N–H and O–H groups in total. The average Bonchev–Trinajstić information content (AvgIpc) is 3.23. The smallest absolute Gasteiger partial charge is 0.154 e. The van der Waals surface area contributed by atoms with Crippen molar-refractivity contribution in [1.82, 2.24) is 9.97 Å². The Balaban J connectivity index is 1.99. The molecule has 0 amide bonds. The van der Waals surface area contributed by atoms with Gasteiger partial charge >= 0.3 is 0 Å². The molecule has 1 aliphatic carbocycles. The topological polar surface area (TPSA) is 75.2 Å². The summed E-state index contributed by atoms with van der Waals surface area (Å²) in [6.07, 6.45) is 2.30. The molecule has 2 fully saturated rings. The highest BCUT2D eigenvalue weighted by molar-refractivity contribution is 7.91. The van der Waals surface area contributed by atoms with Gasteiger partial charge < -0.3 is 10.2 Å². The third-order valence-corrected chi connectivity index (χ3v) is 6.05. The van der Waals surface area contributed by atoms with Crippen molar-refractivity contribution in [2.45, 2.75) is 38.6 Å². The number of nitrogens with one attached hydrogen (secondary N) is 1. The van der Waals surface area contributed by atoms with Crippen LogP contribution in [0.25, 0.3) is 0 Å². The largest absolute Gasteiger partial charge is 0.373 e. The lowest BCUT2D eigenvalue weighted by Gasteiger charge is -2.35. The summed E-state index contributed by atoms with van der Waals surface area (Å²) in [7, 11) is -1.06. The molecule has 0 radical (unpaired) electrons. The Hall–Kier alpha value is -1.37. The van der Waals surface area contributed by atoms with E-state index >= 15 is 0 Å². The Morgan fingerprint density at radius 1 is 1.29 bits per heavy atom. The summed E-state index contributed by atoms with van der Waals surface area (Å²) >= 11 is 0. The second-order valence-corrected chi connectivity index (χ2v) is 8.29. The first-order valence-corrected chi connectivity index (χ1v) is 9.27. The molecule has 1 atom stereocenters. The van der Waals surface area contributed by atoms with Crippen molar-refractivity contribution < 1.29 is 8.42 Å². The van der Waals surface area contributed by atoms with Crippen LogP contribution < -0.4 is 10.2 Å². The summed E-state index contributed by atoms with van der Waals surface area (Å²) in [5, 5.41) is 3.13. The Labute approximate surface area is 125 Å². The highest BCUT2D eigenvalue weighted by Crippen LogP contribution is 2.40. The molecular formula is C14H22N4O2S. The molecule has 0 spiro atoms. The van der Waals surface area contributed by atoms with E-state index in [9.17, 15) is 8.42 Å². The molecule has 1 aromatic heterocycles. The van der Waals surface area contributed by atoms with Crippen LogP contribution in [0.3, 0.4) is 0 Å². The van der Waals surface area contributed by atoms with E-state index in [1.54, 1.807) is 0 Å². The van der Waals surface area contributed by atoms with Crippen molar-refractivity contribution in [1.29, 1.82) is 0 Å². The molecule has 0 bridgehead atoms. The molecule has 6 nitrogen and oxygen atoms in total. The number of anilines is 2. The highest BCUT2D eigenvalue weighted by Gasteiger charge is 2.33. The van der Waals surface area contributed by atoms with Crippen LogP contribution in [0.5, 0.6) is 0 Å². The zero-order valence-electron chi connectivity index (χ0n) is 12.8. The van der Waals surface area contributed by atoms with Crippen LogP contribution in [0.2, 0.25) is 0 Å². The van der Waals surface area contributed by atoms with Crippen LogP contribution in [0.1, 0.15) is 37.1 Å². The zero-order chi connectivity index (χ0) is 15.2. The van der Waals surface area contributed by atoms with Gasteiger partial charge in [0.2, 0.25) is 0 Å². The molecule has 116 valence electrons. The van der Waals surface area contributed by atoms with Gasteiger partial charge in [-0.1, -0.05) is 0 Å². The maximum absolute atomic E-state index is 11.8. The minimum atomic E-state index is -2.92. The van der Waals surface area contributed by atoms with Crippen LogP contribution >= 0.6 is 0 Å². The van der Waals surface area contributed by atoms with Crippen molar-refractivity contribution >= 4 is 21.5 Å². The molecule has 7 heteroatoms. The molecule has 3 rings (SSSR count). The van der Waals surface area contributed by atoms with E-state index in [-0.39, 0.29) is 17.5 Å². The summed E-state index contributed by atoms with van der Waals surface area (Å²) in [5.41, 5.74) is 0.994. The van der Waals surface area contributed by atoms with E-state index in [0.717, 1.165) is 35.9 Å². The number of nitrogens with zero attached hydrogens (tertiary/aromatic N) is 3. The maximum atomic E-state index is 11.8.